The highest BCUT2D eigenvalue weighted by Crippen LogP contribution is 2.38. The molecule has 0 radical (unpaired) electrons. The molecule has 164 valence electrons. The van der Waals surface area contributed by atoms with E-state index < -0.39 is 0 Å². The van der Waals surface area contributed by atoms with Crippen LogP contribution in [0.1, 0.15) is 70.1 Å². The first kappa shape index (κ1) is 21.9. The highest BCUT2D eigenvalue weighted by Gasteiger charge is 2.25. The monoisotopic (exact) mass is 414 g/mol. The highest BCUT2D eigenvalue weighted by molar-refractivity contribution is 5.83. The van der Waals surface area contributed by atoms with Gasteiger partial charge in [0.05, 0.1) is 11.4 Å². The number of benzene rings is 2. The number of nitrogens with zero attached hydrogens (tertiary/aromatic N) is 2. The van der Waals surface area contributed by atoms with Gasteiger partial charge in [-0.2, -0.15) is 5.10 Å². The third kappa shape index (κ3) is 5.11. The van der Waals surface area contributed by atoms with Crippen LogP contribution in [0.5, 0.6) is 0 Å². The average Bonchev–Trinajstić information content (AvgIpc) is 3.17. The minimum absolute atomic E-state index is 0.745. The highest BCUT2D eigenvalue weighted by atomic mass is 15.3. The van der Waals surface area contributed by atoms with Crippen molar-refractivity contribution in [2.24, 2.45) is 11.8 Å². The summed E-state index contributed by atoms with van der Waals surface area (Å²) in [5.74, 6) is 1.68. The molecular formula is C29H38N2. The molecule has 2 nitrogen and oxygen atoms in total. The Morgan fingerprint density at radius 3 is 2.16 bits per heavy atom. The van der Waals surface area contributed by atoms with Gasteiger partial charge in [0.15, 0.2) is 0 Å². The first-order valence-electron chi connectivity index (χ1n) is 12.4. The number of hydrogen-bond donors (Lipinski definition) is 0. The van der Waals surface area contributed by atoms with E-state index in [9.17, 15) is 0 Å². The molecule has 1 aromatic heterocycles. The van der Waals surface area contributed by atoms with E-state index in [-0.39, 0.29) is 0 Å². The van der Waals surface area contributed by atoms with Crippen molar-refractivity contribution in [3.63, 3.8) is 0 Å². The van der Waals surface area contributed by atoms with Gasteiger partial charge in [0.25, 0.3) is 0 Å². The van der Waals surface area contributed by atoms with Crippen molar-refractivity contribution in [2.75, 3.05) is 0 Å². The smallest absolute Gasteiger partial charge is 0.0763 e. The SMILES string of the molecule is CCCCc1nn(CC2CCC(CC)CC2)c(-c2ccc(C)cc2)c1-c1ccccc1. The molecule has 1 aliphatic carbocycles. The van der Waals surface area contributed by atoms with Crippen LogP contribution in [-0.4, -0.2) is 9.78 Å². The van der Waals surface area contributed by atoms with Gasteiger partial charge >= 0.3 is 0 Å². The lowest BCUT2D eigenvalue weighted by Crippen LogP contribution is -2.20. The van der Waals surface area contributed by atoms with E-state index in [1.54, 1.807) is 0 Å². The Hall–Kier alpha value is -2.35. The van der Waals surface area contributed by atoms with Crippen LogP contribution in [0.3, 0.4) is 0 Å². The summed E-state index contributed by atoms with van der Waals surface area (Å²) in [6, 6.07) is 20.0. The van der Waals surface area contributed by atoms with E-state index in [4.69, 9.17) is 5.10 Å². The summed E-state index contributed by atoms with van der Waals surface area (Å²) >= 11 is 0. The second-order valence-corrected chi connectivity index (χ2v) is 9.48. The number of aryl methyl sites for hydroxylation is 2. The van der Waals surface area contributed by atoms with Crippen LogP contribution in [-0.2, 0) is 13.0 Å². The number of rotatable bonds is 8. The van der Waals surface area contributed by atoms with Crippen LogP contribution in [0.15, 0.2) is 54.6 Å². The maximum absolute atomic E-state index is 5.27. The van der Waals surface area contributed by atoms with Gasteiger partial charge in [0.2, 0.25) is 0 Å². The van der Waals surface area contributed by atoms with Crippen molar-refractivity contribution in [1.29, 1.82) is 0 Å². The fourth-order valence-electron chi connectivity index (χ4n) is 5.14. The lowest BCUT2D eigenvalue weighted by atomic mass is 9.81. The standard InChI is InChI=1S/C29H38N2/c1-4-6-12-27-28(25-10-8-7-9-11-25)29(26-19-13-22(3)14-20-26)31(30-27)21-24-17-15-23(5-2)16-18-24/h7-11,13-14,19-20,23-24H,4-6,12,15-18,21H2,1-3H3. The summed E-state index contributed by atoms with van der Waals surface area (Å²) in [5.41, 5.74) is 7.83. The van der Waals surface area contributed by atoms with Crippen molar-refractivity contribution >= 4 is 0 Å². The van der Waals surface area contributed by atoms with Gasteiger partial charge in [-0.05, 0) is 50.0 Å². The lowest BCUT2D eigenvalue weighted by Gasteiger charge is -2.28. The molecule has 2 aromatic carbocycles. The number of unbranched alkanes of at least 4 members (excludes halogenated alkanes) is 1. The summed E-state index contributed by atoms with van der Waals surface area (Å²) in [7, 11) is 0. The van der Waals surface area contributed by atoms with Crippen molar-refractivity contribution in [1.82, 2.24) is 9.78 Å². The molecule has 1 aliphatic rings. The zero-order valence-corrected chi connectivity index (χ0v) is 19.6. The normalized spacial score (nSPS) is 18.9. The second kappa shape index (κ2) is 10.3. The Morgan fingerprint density at radius 1 is 0.839 bits per heavy atom. The first-order chi connectivity index (χ1) is 15.2. The van der Waals surface area contributed by atoms with Crippen molar-refractivity contribution in [3.8, 4) is 22.4 Å². The molecule has 1 fully saturated rings. The molecule has 0 unspecified atom stereocenters. The molecule has 0 aliphatic heterocycles. The van der Waals surface area contributed by atoms with Gasteiger partial charge in [0, 0.05) is 17.7 Å². The number of aromatic nitrogens is 2. The Kier molecular flexibility index (Phi) is 7.27. The van der Waals surface area contributed by atoms with Crippen molar-refractivity contribution in [3.05, 3.63) is 65.9 Å². The molecule has 1 heterocycles. The quantitative estimate of drug-likeness (QED) is 0.364. The third-order valence-corrected chi connectivity index (χ3v) is 7.15. The topological polar surface area (TPSA) is 17.8 Å². The van der Waals surface area contributed by atoms with Crippen molar-refractivity contribution < 1.29 is 0 Å². The van der Waals surface area contributed by atoms with E-state index in [0.29, 0.717) is 0 Å². The molecule has 1 saturated carbocycles. The van der Waals surface area contributed by atoms with Gasteiger partial charge in [0.1, 0.15) is 0 Å². The number of hydrogen-bond acceptors (Lipinski definition) is 1. The molecule has 0 atom stereocenters. The van der Waals surface area contributed by atoms with Crippen LogP contribution in [0, 0.1) is 18.8 Å². The molecule has 2 heteroatoms. The Labute approximate surface area is 188 Å². The summed E-state index contributed by atoms with van der Waals surface area (Å²) in [5, 5.41) is 5.27. The molecule has 0 bridgehead atoms. The van der Waals surface area contributed by atoms with E-state index in [1.807, 2.05) is 0 Å². The van der Waals surface area contributed by atoms with Crippen LogP contribution >= 0.6 is 0 Å². The maximum atomic E-state index is 5.27. The largest absolute Gasteiger partial charge is 0.264 e. The van der Waals surface area contributed by atoms with E-state index in [0.717, 1.165) is 24.8 Å². The maximum Gasteiger partial charge on any atom is 0.0763 e. The van der Waals surface area contributed by atoms with E-state index >= 15 is 0 Å². The summed E-state index contributed by atoms with van der Waals surface area (Å²) in [4.78, 5) is 0. The van der Waals surface area contributed by atoms with E-state index in [1.165, 1.54) is 78.6 Å². The Bertz CT molecular complexity index is 944. The Balaban J connectivity index is 1.77. The third-order valence-electron chi connectivity index (χ3n) is 7.15. The molecule has 0 spiro atoms. The zero-order chi connectivity index (χ0) is 21.6. The minimum Gasteiger partial charge on any atom is -0.264 e. The average molecular weight is 415 g/mol. The van der Waals surface area contributed by atoms with Crippen LogP contribution < -0.4 is 0 Å². The molecule has 31 heavy (non-hydrogen) atoms. The molecule has 0 saturated heterocycles. The molecule has 0 N–H and O–H groups in total. The molecule has 3 aromatic rings. The first-order valence-corrected chi connectivity index (χ1v) is 12.4. The molecule has 0 amide bonds. The zero-order valence-electron chi connectivity index (χ0n) is 19.6. The van der Waals surface area contributed by atoms with Gasteiger partial charge in [-0.3, -0.25) is 4.68 Å². The molecule has 4 rings (SSSR count). The van der Waals surface area contributed by atoms with E-state index in [2.05, 4.69) is 80.1 Å². The van der Waals surface area contributed by atoms with Crippen LogP contribution in [0.25, 0.3) is 22.4 Å². The van der Waals surface area contributed by atoms with Crippen molar-refractivity contribution in [2.45, 2.75) is 78.7 Å². The fraction of sp³-hybridized carbons (Fsp3) is 0.483. The van der Waals surface area contributed by atoms with Crippen LogP contribution in [0.2, 0.25) is 0 Å². The minimum atomic E-state index is 0.745. The van der Waals surface area contributed by atoms with Gasteiger partial charge in [-0.15, -0.1) is 0 Å². The van der Waals surface area contributed by atoms with Gasteiger partial charge in [-0.1, -0.05) is 99.7 Å². The summed E-state index contributed by atoms with van der Waals surface area (Å²) in [6.07, 6.45) is 10.2. The van der Waals surface area contributed by atoms with Gasteiger partial charge in [-0.25, -0.2) is 0 Å². The van der Waals surface area contributed by atoms with Crippen LogP contribution in [0.4, 0.5) is 0 Å². The predicted octanol–water partition coefficient (Wildman–Crippen LogP) is 8.08. The molecular weight excluding hydrogens is 376 g/mol. The predicted molar refractivity (Wildman–Crippen MR) is 132 cm³/mol. The Morgan fingerprint density at radius 2 is 1.52 bits per heavy atom. The summed E-state index contributed by atoms with van der Waals surface area (Å²) in [6.45, 7) is 7.83. The van der Waals surface area contributed by atoms with Gasteiger partial charge < -0.3 is 0 Å². The second-order valence-electron chi connectivity index (χ2n) is 9.48. The lowest BCUT2D eigenvalue weighted by molar-refractivity contribution is 0.242. The summed E-state index contributed by atoms with van der Waals surface area (Å²) < 4.78 is 2.37. The fourth-order valence-corrected chi connectivity index (χ4v) is 5.14.